The number of hydrogen-bond acceptors (Lipinski definition) is 3. The fraction of sp³-hybridized carbons (Fsp3) is 0.500. The highest BCUT2D eigenvalue weighted by molar-refractivity contribution is 5.16. The van der Waals surface area contributed by atoms with Gasteiger partial charge in [0.25, 0.3) is 0 Å². The molecule has 0 bridgehead atoms. The van der Waals surface area contributed by atoms with Gasteiger partial charge < -0.3 is 5.73 Å². The molecule has 17 heavy (non-hydrogen) atoms. The fourth-order valence-electron chi connectivity index (χ4n) is 1.69. The molecule has 0 radical (unpaired) electrons. The third-order valence-corrected chi connectivity index (χ3v) is 2.76. The van der Waals surface area contributed by atoms with Crippen molar-refractivity contribution in [3.8, 4) is 0 Å². The van der Waals surface area contributed by atoms with Gasteiger partial charge in [0.2, 0.25) is 0 Å². The van der Waals surface area contributed by atoms with E-state index in [0.717, 1.165) is 18.8 Å². The smallest absolute Gasteiger partial charge is 0.0542 e. The number of pyridine rings is 1. The van der Waals surface area contributed by atoms with E-state index < -0.39 is 0 Å². The van der Waals surface area contributed by atoms with E-state index in [1.807, 2.05) is 18.3 Å². The Morgan fingerprint density at radius 2 is 2.18 bits per heavy atom. The second-order valence-electron chi connectivity index (χ2n) is 5.20. The summed E-state index contributed by atoms with van der Waals surface area (Å²) in [4.78, 5) is 6.58. The summed E-state index contributed by atoms with van der Waals surface area (Å²) >= 11 is 0. The molecule has 0 fully saturated rings. The lowest BCUT2D eigenvalue weighted by atomic mass is 10.0. The summed E-state index contributed by atoms with van der Waals surface area (Å²) in [7, 11) is 0. The zero-order valence-electron chi connectivity index (χ0n) is 11.1. The van der Waals surface area contributed by atoms with Gasteiger partial charge in [-0.1, -0.05) is 6.08 Å². The lowest BCUT2D eigenvalue weighted by Crippen LogP contribution is -2.40. The molecule has 0 aliphatic heterocycles. The largest absolute Gasteiger partial charge is 0.325 e. The van der Waals surface area contributed by atoms with E-state index >= 15 is 0 Å². The van der Waals surface area contributed by atoms with Crippen LogP contribution in [0.4, 0.5) is 0 Å². The summed E-state index contributed by atoms with van der Waals surface area (Å²) in [6.45, 7) is 12.7. The topological polar surface area (TPSA) is 42.2 Å². The molecule has 0 amide bonds. The Labute approximate surface area is 104 Å². The van der Waals surface area contributed by atoms with Crippen molar-refractivity contribution in [2.75, 3.05) is 6.54 Å². The van der Waals surface area contributed by atoms with E-state index in [-0.39, 0.29) is 5.54 Å². The van der Waals surface area contributed by atoms with E-state index in [2.05, 4.69) is 43.3 Å². The average molecular weight is 233 g/mol. The molecule has 0 aliphatic rings. The highest BCUT2D eigenvalue weighted by atomic mass is 15.2. The Balaban J connectivity index is 2.81. The van der Waals surface area contributed by atoms with Gasteiger partial charge in [-0.05, 0) is 38.5 Å². The molecule has 0 aliphatic carbocycles. The molecule has 3 nitrogen and oxygen atoms in total. The normalized spacial score (nSPS) is 11.8. The van der Waals surface area contributed by atoms with E-state index in [1.54, 1.807) is 0 Å². The summed E-state index contributed by atoms with van der Waals surface area (Å²) in [5.41, 5.74) is 7.91. The first kappa shape index (κ1) is 13.9. The quantitative estimate of drug-likeness (QED) is 0.794. The lowest BCUT2D eigenvalue weighted by Gasteiger charge is -2.34. The molecule has 1 aromatic heterocycles. The van der Waals surface area contributed by atoms with Crippen molar-refractivity contribution in [1.82, 2.24) is 9.88 Å². The zero-order valence-corrected chi connectivity index (χ0v) is 11.1. The van der Waals surface area contributed by atoms with Crippen LogP contribution in [-0.2, 0) is 13.1 Å². The maximum Gasteiger partial charge on any atom is 0.0542 e. The fourth-order valence-corrected chi connectivity index (χ4v) is 1.69. The maximum atomic E-state index is 5.60. The number of hydrogen-bond donors (Lipinski definition) is 1. The van der Waals surface area contributed by atoms with Crippen LogP contribution in [0.5, 0.6) is 0 Å². The molecule has 0 aromatic carbocycles. The third-order valence-electron chi connectivity index (χ3n) is 2.76. The van der Waals surface area contributed by atoms with Crippen molar-refractivity contribution in [2.24, 2.45) is 5.73 Å². The first-order valence-electron chi connectivity index (χ1n) is 5.97. The molecule has 94 valence electrons. The first-order chi connectivity index (χ1) is 7.97. The molecule has 1 rings (SSSR count). The van der Waals surface area contributed by atoms with Crippen molar-refractivity contribution in [3.63, 3.8) is 0 Å². The Hall–Kier alpha value is -1.19. The second-order valence-corrected chi connectivity index (χ2v) is 5.20. The molecule has 3 heteroatoms. The molecule has 0 spiro atoms. The monoisotopic (exact) mass is 233 g/mol. The van der Waals surface area contributed by atoms with Gasteiger partial charge in [0, 0.05) is 31.4 Å². The van der Waals surface area contributed by atoms with Crippen LogP contribution in [0.2, 0.25) is 0 Å². The molecular weight excluding hydrogens is 210 g/mol. The van der Waals surface area contributed by atoms with Crippen LogP contribution in [0.3, 0.4) is 0 Å². The van der Waals surface area contributed by atoms with Crippen molar-refractivity contribution in [1.29, 1.82) is 0 Å². The summed E-state index contributed by atoms with van der Waals surface area (Å²) in [6.07, 6.45) is 3.77. The van der Waals surface area contributed by atoms with Crippen molar-refractivity contribution >= 4 is 0 Å². The van der Waals surface area contributed by atoms with Crippen LogP contribution in [-0.4, -0.2) is 22.0 Å². The zero-order chi connectivity index (χ0) is 12.9. The first-order valence-corrected chi connectivity index (χ1v) is 5.97. The Morgan fingerprint density at radius 1 is 1.47 bits per heavy atom. The molecule has 0 saturated heterocycles. The molecule has 1 aromatic rings. The van der Waals surface area contributed by atoms with E-state index in [4.69, 9.17) is 5.73 Å². The SMILES string of the molecule is C=CCN(Cc1ccnc(CN)c1)C(C)(C)C. The van der Waals surface area contributed by atoms with Gasteiger partial charge in [-0.15, -0.1) is 6.58 Å². The molecule has 0 saturated carbocycles. The minimum atomic E-state index is 0.125. The molecular formula is C14H23N3. The number of nitrogens with zero attached hydrogens (tertiary/aromatic N) is 2. The molecule has 0 unspecified atom stereocenters. The Morgan fingerprint density at radius 3 is 2.71 bits per heavy atom. The minimum Gasteiger partial charge on any atom is -0.325 e. The second kappa shape index (κ2) is 5.94. The van der Waals surface area contributed by atoms with Crippen LogP contribution >= 0.6 is 0 Å². The van der Waals surface area contributed by atoms with Crippen LogP contribution in [0, 0.1) is 0 Å². The van der Waals surface area contributed by atoms with Gasteiger partial charge in [-0.2, -0.15) is 0 Å². The van der Waals surface area contributed by atoms with Crippen LogP contribution in [0.15, 0.2) is 31.0 Å². The lowest BCUT2D eigenvalue weighted by molar-refractivity contribution is 0.145. The van der Waals surface area contributed by atoms with Gasteiger partial charge in [0.1, 0.15) is 0 Å². The van der Waals surface area contributed by atoms with Crippen molar-refractivity contribution in [2.45, 2.75) is 39.4 Å². The summed E-state index contributed by atoms with van der Waals surface area (Å²) in [6, 6.07) is 4.11. The maximum absolute atomic E-state index is 5.60. The average Bonchev–Trinajstić information content (AvgIpc) is 2.27. The predicted molar refractivity (Wildman–Crippen MR) is 72.5 cm³/mol. The Bertz CT molecular complexity index is 366. The summed E-state index contributed by atoms with van der Waals surface area (Å²) < 4.78 is 0. The van der Waals surface area contributed by atoms with E-state index in [1.165, 1.54) is 5.56 Å². The van der Waals surface area contributed by atoms with E-state index in [0.29, 0.717) is 6.54 Å². The predicted octanol–water partition coefficient (Wildman–Crippen LogP) is 2.33. The van der Waals surface area contributed by atoms with Crippen molar-refractivity contribution < 1.29 is 0 Å². The van der Waals surface area contributed by atoms with E-state index in [9.17, 15) is 0 Å². The minimum absolute atomic E-state index is 0.125. The number of aromatic nitrogens is 1. The summed E-state index contributed by atoms with van der Waals surface area (Å²) in [5.74, 6) is 0. The van der Waals surface area contributed by atoms with Gasteiger partial charge in [0.15, 0.2) is 0 Å². The van der Waals surface area contributed by atoms with Gasteiger partial charge in [0.05, 0.1) is 5.69 Å². The van der Waals surface area contributed by atoms with Gasteiger partial charge >= 0.3 is 0 Å². The summed E-state index contributed by atoms with van der Waals surface area (Å²) in [5, 5.41) is 0. The Kier molecular flexibility index (Phi) is 4.85. The van der Waals surface area contributed by atoms with Crippen LogP contribution in [0.25, 0.3) is 0 Å². The van der Waals surface area contributed by atoms with Crippen LogP contribution in [0.1, 0.15) is 32.0 Å². The number of nitrogens with two attached hydrogens (primary N) is 1. The molecule has 0 atom stereocenters. The third kappa shape index (κ3) is 4.29. The standard InChI is InChI=1S/C14H23N3/c1-5-8-17(14(2,3)4)11-12-6-7-16-13(9-12)10-15/h5-7,9H,1,8,10-11,15H2,2-4H3. The van der Waals surface area contributed by atoms with Crippen molar-refractivity contribution in [3.05, 3.63) is 42.2 Å². The number of rotatable bonds is 5. The highest BCUT2D eigenvalue weighted by Gasteiger charge is 2.20. The highest BCUT2D eigenvalue weighted by Crippen LogP contribution is 2.17. The van der Waals surface area contributed by atoms with Crippen LogP contribution < -0.4 is 5.73 Å². The molecule has 2 N–H and O–H groups in total. The molecule has 1 heterocycles. The van der Waals surface area contributed by atoms with Gasteiger partial charge in [-0.3, -0.25) is 9.88 Å². The van der Waals surface area contributed by atoms with Gasteiger partial charge in [-0.25, -0.2) is 0 Å².